The summed E-state index contributed by atoms with van der Waals surface area (Å²) >= 11 is 0. The monoisotopic (exact) mass is 370 g/mol. The van der Waals surface area contributed by atoms with Gasteiger partial charge in [0.05, 0.1) is 0 Å². The van der Waals surface area contributed by atoms with Crippen molar-refractivity contribution in [3.8, 4) is 0 Å². The lowest BCUT2D eigenvalue weighted by molar-refractivity contribution is 0.204. The smallest absolute Gasteiger partial charge is 0.355 e. The summed E-state index contributed by atoms with van der Waals surface area (Å²) in [5.41, 5.74) is 0. The molecule has 0 spiro atoms. The predicted octanol–water partition coefficient (Wildman–Crippen LogP) is 2.25. The Morgan fingerprint density at radius 1 is 0.583 bits per heavy atom. The molecule has 0 atom stereocenters. The Bertz CT molecular complexity index is 376. The van der Waals surface area contributed by atoms with E-state index in [-0.39, 0.29) is 0 Å². The van der Waals surface area contributed by atoms with E-state index in [0.29, 0.717) is 0 Å². The molecule has 0 fully saturated rings. The predicted molar refractivity (Wildman–Crippen MR) is 105 cm³/mol. The molecule has 1 aromatic carbocycles. The normalized spacial score (nSPS) is 11.6. The van der Waals surface area contributed by atoms with Crippen molar-refractivity contribution in [2.75, 3.05) is 26.4 Å². The molecule has 1 aromatic rings. The van der Waals surface area contributed by atoms with E-state index in [4.69, 9.17) is 17.7 Å². The van der Waals surface area contributed by atoms with Gasteiger partial charge >= 0.3 is 18.6 Å². The van der Waals surface area contributed by atoms with Crippen LogP contribution in [0.3, 0.4) is 0 Å². The van der Waals surface area contributed by atoms with Crippen molar-refractivity contribution in [1.29, 1.82) is 0 Å². The Hall–Kier alpha value is -0.506. The highest BCUT2D eigenvalue weighted by Crippen LogP contribution is 2.00. The van der Waals surface area contributed by atoms with Gasteiger partial charge in [-0.2, -0.15) is 0 Å². The zero-order valence-corrected chi connectivity index (χ0v) is 18.1. The Labute approximate surface area is 151 Å². The third kappa shape index (κ3) is 7.59. The molecule has 0 radical (unpaired) electrons. The summed E-state index contributed by atoms with van der Waals surface area (Å²) in [6.07, 6.45) is 4.00. The lowest BCUT2D eigenvalue weighted by Gasteiger charge is -2.23. The van der Waals surface area contributed by atoms with E-state index in [0.717, 1.165) is 52.1 Å². The molecule has 1 rings (SSSR count). The number of benzene rings is 1. The quantitative estimate of drug-likeness (QED) is 0.471. The van der Waals surface area contributed by atoms with Crippen LogP contribution in [0.25, 0.3) is 0 Å². The van der Waals surface area contributed by atoms with E-state index in [1.54, 1.807) is 0 Å². The molecule has 4 nitrogen and oxygen atoms in total. The van der Waals surface area contributed by atoms with Gasteiger partial charge in [-0.15, -0.1) is 0 Å². The minimum atomic E-state index is -1.92. The third-order valence-electron chi connectivity index (χ3n) is 3.40. The summed E-state index contributed by atoms with van der Waals surface area (Å²) in [7, 11) is -3.83. The van der Waals surface area contributed by atoms with Crippen LogP contribution in [0.15, 0.2) is 24.3 Å². The van der Waals surface area contributed by atoms with Gasteiger partial charge in [-0.05, 0) is 36.1 Å². The minimum Gasteiger partial charge on any atom is -0.393 e. The van der Waals surface area contributed by atoms with Crippen LogP contribution in [-0.2, 0) is 17.7 Å². The molecule has 138 valence electrons. The highest BCUT2D eigenvalue weighted by Gasteiger charge is 2.26. The van der Waals surface area contributed by atoms with Crippen LogP contribution < -0.4 is 10.4 Å². The summed E-state index contributed by atoms with van der Waals surface area (Å²) in [6, 6.07) is 8.41. The van der Waals surface area contributed by atoms with Crippen LogP contribution in [0.4, 0.5) is 0 Å². The Balaban J connectivity index is 3.01. The fourth-order valence-electron chi connectivity index (χ4n) is 2.30. The average Bonchev–Trinajstić information content (AvgIpc) is 2.62. The summed E-state index contributed by atoms with van der Waals surface area (Å²) in [6.45, 7) is 11.5. The number of rotatable bonds is 14. The molecule has 0 aliphatic carbocycles. The van der Waals surface area contributed by atoms with Crippen molar-refractivity contribution in [3.05, 3.63) is 24.3 Å². The topological polar surface area (TPSA) is 36.9 Å². The van der Waals surface area contributed by atoms with Crippen LogP contribution in [0, 0.1) is 0 Å². The molecule has 0 saturated carbocycles. The summed E-state index contributed by atoms with van der Waals surface area (Å²) in [5.74, 6) is 0. The Morgan fingerprint density at radius 3 is 1.12 bits per heavy atom. The molecule has 0 saturated heterocycles. The first-order valence-corrected chi connectivity index (χ1v) is 12.4. The van der Waals surface area contributed by atoms with E-state index in [9.17, 15) is 0 Å². The molecule has 0 amide bonds. The first-order chi connectivity index (χ1) is 11.8. The second kappa shape index (κ2) is 13.7. The van der Waals surface area contributed by atoms with Gasteiger partial charge in [0.2, 0.25) is 0 Å². The van der Waals surface area contributed by atoms with Gasteiger partial charge in [0.1, 0.15) is 0 Å². The average molecular weight is 371 g/mol. The van der Waals surface area contributed by atoms with Gasteiger partial charge in [0.15, 0.2) is 0 Å². The maximum atomic E-state index is 6.11. The highest BCUT2D eigenvalue weighted by molar-refractivity contribution is 6.73. The standard InChI is InChI=1S/C18H34O4Si2/c1-5-13-19-23(20-14-6-2)17-11-9-10-12-18(17)24(21-15-7-3)22-16-8-4/h9-12,23-24H,5-8,13-16H2,1-4H3. The number of hydrogen-bond donors (Lipinski definition) is 0. The molecule has 0 N–H and O–H groups in total. The van der Waals surface area contributed by atoms with E-state index >= 15 is 0 Å². The Kier molecular flexibility index (Phi) is 12.3. The largest absolute Gasteiger partial charge is 0.393 e. The van der Waals surface area contributed by atoms with E-state index in [1.807, 2.05) is 0 Å². The molecule has 0 aliphatic rings. The zero-order valence-electron chi connectivity index (χ0n) is 15.8. The lowest BCUT2D eigenvalue weighted by atomic mass is 10.4. The van der Waals surface area contributed by atoms with Crippen molar-refractivity contribution in [1.82, 2.24) is 0 Å². The second-order valence-electron chi connectivity index (χ2n) is 5.78. The van der Waals surface area contributed by atoms with Crippen LogP contribution in [0.5, 0.6) is 0 Å². The van der Waals surface area contributed by atoms with Gasteiger partial charge in [0.25, 0.3) is 0 Å². The van der Waals surface area contributed by atoms with Crippen molar-refractivity contribution < 1.29 is 17.7 Å². The van der Waals surface area contributed by atoms with Crippen molar-refractivity contribution in [3.63, 3.8) is 0 Å². The van der Waals surface area contributed by atoms with Crippen molar-refractivity contribution >= 4 is 28.9 Å². The fourth-order valence-corrected chi connectivity index (χ4v) is 7.09. The van der Waals surface area contributed by atoms with Crippen molar-refractivity contribution in [2.45, 2.75) is 53.4 Å². The van der Waals surface area contributed by atoms with E-state index in [2.05, 4.69) is 52.0 Å². The summed E-state index contributed by atoms with van der Waals surface area (Å²) < 4.78 is 24.4. The van der Waals surface area contributed by atoms with Crippen molar-refractivity contribution in [2.24, 2.45) is 0 Å². The van der Waals surface area contributed by atoms with Gasteiger partial charge in [-0.25, -0.2) is 0 Å². The summed E-state index contributed by atoms with van der Waals surface area (Å²) in [4.78, 5) is 0. The third-order valence-corrected chi connectivity index (χ3v) is 7.95. The second-order valence-corrected chi connectivity index (χ2v) is 9.68. The molecule has 6 heteroatoms. The minimum absolute atomic E-state index is 0.743. The molecule has 24 heavy (non-hydrogen) atoms. The Morgan fingerprint density at radius 2 is 0.875 bits per heavy atom. The molecule has 0 aromatic heterocycles. The van der Waals surface area contributed by atoms with E-state index < -0.39 is 18.6 Å². The highest BCUT2D eigenvalue weighted by atomic mass is 28.3. The molecular weight excluding hydrogens is 336 g/mol. The zero-order chi connectivity index (χ0) is 17.6. The van der Waals surface area contributed by atoms with Gasteiger partial charge in [0, 0.05) is 26.4 Å². The van der Waals surface area contributed by atoms with Crippen LogP contribution in [-0.4, -0.2) is 45.0 Å². The van der Waals surface area contributed by atoms with Gasteiger partial charge in [-0.1, -0.05) is 52.0 Å². The SMILES string of the molecule is CCCO[SiH](OCCC)c1ccccc1[SiH](OCCC)OCCC. The van der Waals surface area contributed by atoms with Crippen LogP contribution in [0.1, 0.15) is 53.4 Å². The van der Waals surface area contributed by atoms with Crippen LogP contribution in [0.2, 0.25) is 0 Å². The van der Waals surface area contributed by atoms with E-state index in [1.165, 1.54) is 10.4 Å². The maximum Gasteiger partial charge on any atom is 0.355 e. The number of hydrogen-bond acceptors (Lipinski definition) is 4. The van der Waals surface area contributed by atoms with Crippen LogP contribution >= 0.6 is 0 Å². The van der Waals surface area contributed by atoms with Gasteiger partial charge < -0.3 is 17.7 Å². The lowest BCUT2D eigenvalue weighted by Crippen LogP contribution is -2.53. The van der Waals surface area contributed by atoms with Gasteiger partial charge in [-0.3, -0.25) is 0 Å². The molecule has 0 unspecified atom stereocenters. The fraction of sp³-hybridized carbons (Fsp3) is 0.667. The maximum absolute atomic E-state index is 6.11. The summed E-state index contributed by atoms with van der Waals surface area (Å²) in [5, 5.41) is 2.39. The molecular formula is C18H34O4Si2. The first kappa shape index (κ1) is 21.5. The molecule has 0 aliphatic heterocycles. The molecule has 0 bridgehead atoms. The molecule has 0 heterocycles. The first-order valence-electron chi connectivity index (χ1n) is 9.33.